The number of fused-ring (bicyclic) bond motifs is 2. The monoisotopic (exact) mass is 495 g/mol. The Hall–Kier alpha value is -3.14. The molecular formula is C25H27ClFN7O. The normalized spacial score (nSPS) is 19.8. The Labute approximate surface area is 208 Å². The number of amides is 1. The summed E-state index contributed by atoms with van der Waals surface area (Å²) < 4.78 is 14.3. The molecule has 3 fully saturated rings. The molecule has 1 aromatic carbocycles. The number of piperidine rings is 1. The second kappa shape index (κ2) is 9.85. The summed E-state index contributed by atoms with van der Waals surface area (Å²) in [5, 5.41) is 14.8. The van der Waals surface area contributed by atoms with Gasteiger partial charge >= 0.3 is 0 Å². The number of likely N-dealkylation sites (N-methyl/N-ethyl adjacent to an activating group) is 1. The zero-order chi connectivity index (χ0) is 24.5. The van der Waals surface area contributed by atoms with Gasteiger partial charge in [-0.3, -0.25) is 14.6 Å². The molecule has 2 bridgehead atoms. The Balaban J connectivity index is 1.22. The molecule has 8 nitrogen and oxygen atoms in total. The van der Waals surface area contributed by atoms with E-state index in [1.165, 1.54) is 24.6 Å². The first-order chi connectivity index (χ1) is 16.9. The van der Waals surface area contributed by atoms with E-state index in [0.717, 1.165) is 19.6 Å². The van der Waals surface area contributed by atoms with Crippen molar-refractivity contribution in [3.8, 4) is 11.3 Å². The number of nitrogens with zero attached hydrogens (tertiary/aromatic N) is 5. The van der Waals surface area contributed by atoms with Gasteiger partial charge in [0, 0.05) is 66.7 Å². The second-order valence-electron chi connectivity index (χ2n) is 9.17. The maximum atomic E-state index is 14.3. The average Bonchev–Trinajstić information content (AvgIpc) is 2.86. The van der Waals surface area contributed by atoms with Crippen LogP contribution in [0.5, 0.6) is 0 Å². The minimum atomic E-state index is -0.430. The largest absolute Gasteiger partial charge is 0.354 e. The van der Waals surface area contributed by atoms with Crippen LogP contribution in [0.4, 0.5) is 21.6 Å². The van der Waals surface area contributed by atoms with E-state index in [9.17, 15) is 9.18 Å². The van der Waals surface area contributed by atoms with E-state index in [1.54, 1.807) is 31.3 Å². The number of hydrogen-bond acceptors (Lipinski definition) is 7. The molecule has 3 aliphatic rings. The van der Waals surface area contributed by atoms with Crippen molar-refractivity contribution in [2.75, 3.05) is 37.3 Å². The third-order valence-electron chi connectivity index (χ3n) is 6.78. The van der Waals surface area contributed by atoms with Crippen LogP contribution in [0.1, 0.15) is 18.5 Å². The Morgan fingerprint density at radius 3 is 2.74 bits per heavy atom. The van der Waals surface area contributed by atoms with Gasteiger partial charge in [-0.15, -0.1) is 0 Å². The summed E-state index contributed by atoms with van der Waals surface area (Å²) in [4.78, 5) is 21.6. The third kappa shape index (κ3) is 5.27. The molecule has 1 amide bonds. The Kier molecular flexibility index (Phi) is 6.64. The van der Waals surface area contributed by atoms with Crippen LogP contribution in [0.25, 0.3) is 11.3 Å². The molecule has 182 valence electrons. The topological polar surface area (TPSA) is 86.3 Å². The molecule has 2 aromatic heterocycles. The minimum absolute atomic E-state index is 0.0669. The van der Waals surface area contributed by atoms with E-state index in [1.807, 2.05) is 0 Å². The van der Waals surface area contributed by atoms with E-state index in [0.29, 0.717) is 52.1 Å². The lowest BCUT2D eigenvalue weighted by Crippen LogP contribution is -2.67. The first-order valence-electron chi connectivity index (χ1n) is 11.6. The summed E-state index contributed by atoms with van der Waals surface area (Å²) in [5.41, 5.74) is 2.65. The van der Waals surface area contributed by atoms with E-state index in [-0.39, 0.29) is 11.5 Å². The number of pyridine rings is 1. The van der Waals surface area contributed by atoms with Crippen LogP contribution in [0.15, 0.2) is 42.6 Å². The highest BCUT2D eigenvalue weighted by molar-refractivity contribution is 6.30. The Bertz CT molecular complexity index is 1240. The van der Waals surface area contributed by atoms with Crippen molar-refractivity contribution in [1.29, 1.82) is 0 Å². The summed E-state index contributed by atoms with van der Waals surface area (Å²) >= 11 is 6.03. The predicted octanol–water partition coefficient (Wildman–Crippen LogP) is 4.10. The molecule has 2 unspecified atom stereocenters. The molecule has 3 aliphatic heterocycles. The van der Waals surface area contributed by atoms with Gasteiger partial charge in [-0.2, -0.15) is 10.2 Å². The molecule has 6 rings (SSSR count). The molecule has 3 aromatic rings. The first-order valence-corrected chi connectivity index (χ1v) is 12.0. The lowest BCUT2D eigenvalue weighted by atomic mass is 9.88. The summed E-state index contributed by atoms with van der Waals surface area (Å²) in [7, 11) is 2.18. The zero-order valence-electron chi connectivity index (χ0n) is 19.6. The molecule has 2 N–H and O–H groups in total. The molecule has 0 saturated carbocycles. The van der Waals surface area contributed by atoms with E-state index < -0.39 is 5.82 Å². The van der Waals surface area contributed by atoms with E-state index >= 15 is 0 Å². The van der Waals surface area contributed by atoms with Gasteiger partial charge in [-0.1, -0.05) is 11.6 Å². The molecule has 3 saturated heterocycles. The SMILES string of the molecule is Cc1nnc(-c2cc(Cl)ccc2F)cc1Nc1ccnc(NC(=O)CCN2CC3CC(C2)N3C)c1. The van der Waals surface area contributed by atoms with Crippen molar-refractivity contribution in [3.05, 3.63) is 59.1 Å². The standard InChI is InChI=1S/C25H27ClFN7O/c1-15-22(12-23(32-31-15)20-9-16(26)3-4-21(20)27)29-17-5-7-28-24(10-17)30-25(35)6-8-34-13-18-11-19(14-34)33(18)2/h3-5,7,9-10,12,18-19H,6,8,11,13-14H2,1-2H3,(H2,28,29,30,32,35). The molecular weight excluding hydrogens is 469 g/mol. The van der Waals surface area contributed by atoms with E-state index in [4.69, 9.17) is 11.6 Å². The predicted molar refractivity (Wildman–Crippen MR) is 134 cm³/mol. The lowest BCUT2D eigenvalue weighted by Gasteiger charge is -2.55. The molecule has 0 radical (unpaired) electrons. The van der Waals surface area contributed by atoms with Gasteiger partial charge in [0.15, 0.2) is 0 Å². The molecule has 35 heavy (non-hydrogen) atoms. The van der Waals surface area contributed by atoms with Gasteiger partial charge < -0.3 is 10.6 Å². The molecule has 0 spiro atoms. The fourth-order valence-corrected chi connectivity index (χ4v) is 4.84. The van der Waals surface area contributed by atoms with Crippen molar-refractivity contribution in [2.24, 2.45) is 0 Å². The summed E-state index contributed by atoms with van der Waals surface area (Å²) in [6, 6.07) is 10.8. The summed E-state index contributed by atoms with van der Waals surface area (Å²) in [6.07, 6.45) is 3.31. The van der Waals surface area contributed by atoms with Crippen LogP contribution in [0.3, 0.4) is 0 Å². The van der Waals surface area contributed by atoms with Gasteiger partial charge in [-0.05, 0) is 50.7 Å². The number of piperazine rings is 1. The van der Waals surface area contributed by atoms with Crippen LogP contribution in [-0.2, 0) is 4.79 Å². The fraction of sp³-hybridized carbons (Fsp3) is 0.360. The van der Waals surface area contributed by atoms with Crippen molar-refractivity contribution in [2.45, 2.75) is 31.8 Å². The maximum absolute atomic E-state index is 14.3. The quantitative estimate of drug-likeness (QED) is 0.510. The fourth-order valence-electron chi connectivity index (χ4n) is 4.67. The van der Waals surface area contributed by atoms with Crippen molar-refractivity contribution < 1.29 is 9.18 Å². The number of anilines is 3. The van der Waals surface area contributed by atoms with E-state index in [2.05, 4.69) is 42.7 Å². The van der Waals surface area contributed by atoms with Crippen LogP contribution in [-0.4, -0.2) is 69.7 Å². The number of rotatable bonds is 7. The highest BCUT2D eigenvalue weighted by Crippen LogP contribution is 2.30. The van der Waals surface area contributed by atoms with Gasteiger partial charge in [0.2, 0.25) is 5.91 Å². The third-order valence-corrected chi connectivity index (χ3v) is 7.01. The molecule has 2 atom stereocenters. The molecule has 0 aliphatic carbocycles. The number of nitrogens with one attached hydrogen (secondary N) is 2. The number of aromatic nitrogens is 3. The highest BCUT2D eigenvalue weighted by Gasteiger charge is 2.41. The molecule has 10 heteroatoms. The van der Waals surface area contributed by atoms with Crippen LogP contribution >= 0.6 is 11.6 Å². The Morgan fingerprint density at radius 2 is 1.97 bits per heavy atom. The number of carbonyl (C=O) groups is 1. The summed E-state index contributed by atoms with van der Waals surface area (Å²) in [6.45, 7) is 4.60. The smallest absolute Gasteiger partial charge is 0.226 e. The van der Waals surface area contributed by atoms with Crippen molar-refractivity contribution >= 4 is 34.7 Å². The second-order valence-corrected chi connectivity index (χ2v) is 9.61. The Morgan fingerprint density at radius 1 is 1.17 bits per heavy atom. The first kappa shape index (κ1) is 23.6. The van der Waals surface area contributed by atoms with Crippen molar-refractivity contribution in [1.82, 2.24) is 25.0 Å². The number of carbonyl (C=O) groups excluding carboxylic acids is 1. The van der Waals surface area contributed by atoms with Gasteiger partial charge in [-0.25, -0.2) is 9.37 Å². The zero-order valence-corrected chi connectivity index (χ0v) is 20.4. The van der Waals surface area contributed by atoms with Gasteiger partial charge in [0.1, 0.15) is 11.6 Å². The van der Waals surface area contributed by atoms with Crippen LogP contribution in [0.2, 0.25) is 5.02 Å². The lowest BCUT2D eigenvalue weighted by molar-refractivity contribution is -0.117. The van der Waals surface area contributed by atoms with Crippen LogP contribution < -0.4 is 10.6 Å². The number of hydrogen-bond donors (Lipinski definition) is 2. The average molecular weight is 496 g/mol. The van der Waals surface area contributed by atoms with Crippen molar-refractivity contribution in [3.63, 3.8) is 0 Å². The van der Waals surface area contributed by atoms with Gasteiger partial charge in [0.25, 0.3) is 0 Å². The van der Waals surface area contributed by atoms with Gasteiger partial charge in [0.05, 0.1) is 17.1 Å². The number of halogens is 2. The minimum Gasteiger partial charge on any atom is -0.354 e. The van der Waals surface area contributed by atoms with Crippen LogP contribution in [0, 0.1) is 12.7 Å². The number of benzene rings is 1. The maximum Gasteiger partial charge on any atom is 0.226 e. The highest BCUT2D eigenvalue weighted by atomic mass is 35.5. The number of aryl methyl sites for hydroxylation is 1. The molecule has 5 heterocycles. The summed E-state index contributed by atoms with van der Waals surface area (Å²) in [5.74, 6) is -0.0363.